The Morgan fingerprint density at radius 3 is 2.63 bits per heavy atom. The average molecular weight is 407 g/mol. The lowest BCUT2D eigenvalue weighted by Gasteiger charge is -2.23. The number of hydrogen-bond donors (Lipinski definition) is 2. The number of carbonyl (C=O) groups excluding carboxylic acids is 1. The molecule has 1 aliphatic rings. The van der Waals surface area contributed by atoms with E-state index in [2.05, 4.69) is 10.3 Å². The number of ether oxygens (including phenoxy) is 1. The molecule has 0 aliphatic heterocycles. The van der Waals surface area contributed by atoms with Gasteiger partial charge in [0.05, 0.1) is 19.2 Å². The second-order valence-corrected chi connectivity index (χ2v) is 7.64. The van der Waals surface area contributed by atoms with E-state index < -0.39 is 11.5 Å². The molecule has 2 aromatic heterocycles. The number of hydrogen-bond acceptors (Lipinski definition) is 5. The van der Waals surface area contributed by atoms with Crippen molar-refractivity contribution in [3.05, 3.63) is 64.1 Å². The first kappa shape index (κ1) is 19.9. The summed E-state index contributed by atoms with van der Waals surface area (Å²) in [5.41, 5.74) is 0.800. The molecule has 7 nitrogen and oxygen atoms in total. The summed E-state index contributed by atoms with van der Waals surface area (Å²) in [7, 11) is 1.59. The van der Waals surface area contributed by atoms with Crippen LogP contribution in [0.2, 0.25) is 0 Å². The van der Waals surface area contributed by atoms with Gasteiger partial charge in [-0.05, 0) is 42.7 Å². The number of methoxy groups -OCH3 is 1. The summed E-state index contributed by atoms with van der Waals surface area (Å²) in [5, 5.41) is 13.7. The van der Waals surface area contributed by atoms with Gasteiger partial charge in [0.1, 0.15) is 16.8 Å². The molecule has 156 valence electrons. The van der Waals surface area contributed by atoms with Gasteiger partial charge in [0, 0.05) is 12.2 Å². The molecule has 30 heavy (non-hydrogen) atoms. The summed E-state index contributed by atoms with van der Waals surface area (Å²) in [4.78, 5) is 30.5. The first-order valence-electron chi connectivity index (χ1n) is 10.2. The van der Waals surface area contributed by atoms with Crippen LogP contribution in [-0.2, 0) is 6.54 Å². The van der Waals surface area contributed by atoms with Crippen molar-refractivity contribution in [1.29, 1.82) is 0 Å². The maximum atomic E-state index is 13.3. The Kier molecular flexibility index (Phi) is 5.70. The van der Waals surface area contributed by atoms with Gasteiger partial charge in [-0.1, -0.05) is 31.4 Å². The van der Waals surface area contributed by atoms with Crippen LogP contribution in [0.5, 0.6) is 11.5 Å². The van der Waals surface area contributed by atoms with Crippen molar-refractivity contribution >= 4 is 16.9 Å². The largest absolute Gasteiger partial charge is 0.505 e. The van der Waals surface area contributed by atoms with E-state index in [1.165, 1.54) is 10.8 Å². The molecule has 1 amide bonds. The summed E-state index contributed by atoms with van der Waals surface area (Å²) in [5.74, 6) is -0.189. The standard InChI is InChI=1S/C23H25N3O4/c1-30-17-11-9-15(10-12-17)14-26-18-8-5-13-24-20(18)21(27)19(23(26)29)22(28)25-16-6-3-2-4-7-16/h5,8-13,16,27H,2-4,6-7,14H2,1H3,(H,25,28). The zero-order valence-corrected chi connectivity index (χ0v) is 16.9. The molecular formula is C23H25N3O4. The Hall–Kier alpha value is -3.35. The quantitative estimate of drug-likeness (QED) is 0.677. The first-order chi connectivity index (χ1) is 14.6. The Bertz CT molecular complexity index is 1120. The van der Waals surface area contributed by atoms with Crippen molar-refractivity contribution in [2.75, 3.05) is 7.11 Å². The van der Waals surface area contributed by atoms with Crippen LogP contribution in [0, 0.1) is 0 Å². The molecule has 1 aromatic carbocycles. The molecular weight excluding hydrogens is 382 g/mol. The van der Waals surface area contributed by atoms with Gasteiger partial charge < -0.3 is 19.7 Å². The molecule has 0 unspecified atom stereocenters. The first-order valence-corrected chi connectivity index (χ1v) is 10.2. The molecule has 0 saturated heterocycles. The van der Waals surface area contributed by atoms with Gasteiger partial charge in [0.15, 0.2) is 5.75 Å². The van der Waals surface area contributed by atoms with E-state index in [0.29, 0.717) is 5.52 Å². The van der Waals surface area contributed by atoms with Gasteiger partial charge in [-0.25, -0.2) is 0 Å². The lowest BCUT2D eigenvalue weighted by molar-refractivity contribution is 0.0923. The molecule has 0 atom stereocenters. The fourth-order valence-electron chi connectivity index (χ4n) is 4.04. The van der Waals surface area contributed by atoms with E-state index in [4.69, 9.17) is 4.74 Å². The Balaban J connectivity index is 1.76. The highest BCUT2D eigenvalue weighted by Gasteiger charge is 2.25. The lowest BCUT2D eigenvalue weighted by atomic mass is 9.95. The van der Waals surface area contributed by atoms with Crippen molar-refractivity contribution in [3.8, 4) is 11.5 Å². The second kappa shape index (κ2) is 8.57. The smallest absolute Gasteiger partial charge is 0.268 e. The predicted molar refractivity (Wildman–Crippen MR) is 114 cm³/mol. The SMILES string of the molecule is COc1ccc(Cn2c(=O)c(C(=O)NC3CCCCC3)c(O)c3ncccc32)cc1. The summed E-state index contributed by atoms with van der Waals surface area (Å²) in [6.07, 6.45) is 6.58. The van der Waals surface area contributed by atoms with Gasteiger partial charge in [0.2, 0.25) is 0 Å². The molecule has 0 spiro atoms. The normalized spacial score (nSPS) is 14.6. The Morgan fingerprint density at radius 2 is 1.93 bits per heavy atom. The van der Waals surface area contributed by atoms with Crippen LogP contribution in [0.3, 0.4) is 0 Å². The fourth-order valence-corrected chi connectivity index (χ4v) is 4.04. The number of benzene rings is 1. The topological polar surface area (TPSA) is 93.5 Å². The predicted octanol–water partition coefficient (Wildman–Crippen LogP) is 3.22. The molecule has 2 heterocycles. The summed E-state index contributed by atoms with van der Waals surface area (Å²) in [6.45, 7) is 0.245. The second-order valence-electron chi connectivity index (χ2n) is 7.64. The summed E-state index contributed by atoms with van der Waals surface area (Å²) in [6, 6.07) is 10.8. The minimum atomic E-state index is -0.541. The summed E-state index contributed by atoms with van der Waals surface area (Å²) >= 11 is 0. The number of aromatic nitrogens is 2. The highest BCUT2D eigenvalue weighted by molar-refractivity contribution is 6.01. The van der Waals surface area contributed by atoms with Crippen LogP contribution in [0.4, 0.5) is 0 Å². The molecule has 3 aromatic rings. The van der Waals surface area contributed by atoms with Crippen LogP contribution >= 0.6 is 0 Å². The number of rotatable bonds is 5. The van der Waals surface area contributed by atoms with Gasteiger partial charge in [0.25, 0.3) is 11.5 Å². The third-order valence-corrected chi connectivity index (χ3v) is 5.66. The van der Waals surface area contributed by atoms with Gasteiger partial charge >= 0.3 is 0 Å². The number of fused-ring (bicyclic) bond motifs is 1. The van der Waals surface area contributed by atoms with Crippen LogP contribution in [0.25, 0.3) is 11.0 Å². The molecule has 1 saturated carbocycles. The molecule has 0 radical (unpaired) electrons. The highest BCUT2D eigenvalue weighted by atomic mass is 16.5. The molecule has 1 fully saturated rings. The van der Waals surface area contributed by atoms with Crippen LogP contribution in [0.15, 0.2) is 47.4 Å². The zero-order valence-electron chi connectivity index (χ0n) is 16.9. The van der Waals surface area contributed by atoms with E-state index >= 15 is 0 Å². The van der Waals surface area contributed by atoms with Crippen molar-refractivity contribution in [2.24, 2.45) is 0 Å². The van der Waals surface area contributed by atoms with E-state index in [9.17, 15) is 14.7 Å². The van der Waals surface area contributed by atoms with Crippen molar-refractivity contribution < 1.29 is 14.6 Å². The molecule has 1 aliphatic carbocycles. The number of nitrogens with one attached hydrogen (secondary N) is 1. The van der Waals surface area contributed by atoms with Crippen LogP contribution in [0.1, 0.15) is 48.0 Å². The highest BCUT2D eigenvalue weighted by Crippen LogP contribution is 2.26. The maximum Gasteiger partial charge on any atom is 0.268 e. The van der Waals surface area contributed by atoms with Crippen molar-refractivity contribution in [1.82, 2.24) is 14.9 Å². The third kappa shape index (κ3) is 3.87. The van der Waals surface area contributed by atoms with Crippen molar-refractivity contribution in [3.63, 3.8) is 0 Å². The number of nitrogens with zero attached hydrogens (tertiary/aromatic N) is 2. The van der Waals surface area contributed by atoms with Gasteiger partial charge in [-0.2, -0.15) is 0 Å². The van der Waals surface area contributed by atoms with Crippen LogP contribution < -0.4 is 15.6 Å². The van der Waals surface area contributed by atoms with E-state index in [1.807, 2.05) is 24.3 Å². The van der Waals surface area contributed by atoms with Crippen molar-refractivity contribution in [2.45, 2.75) is 44.7 Å². The maximum absolute atomic E-state index is 13.3. The minimum absolute atomic E-state index is 0.0273. The number of carbonyl (C=O) groups is 1. The van der Waals surface area contributed by atoms with E-state index in [1.54, 1.807) is 19.2 Å². The van der Waals surface area contributed by atoms with E-state index in [-0.39, 0.29) is 29.4 Å². The number of amides is 1. The molecule has 4 rings (SSSR count). The molecule has 7 heteroatoms. The van der Waals surface area contributed by atoms with E-state index in [0.717, 1.165) is 43.4 Å². The zero-order chi connectivity index (χ0) is 21.1. The molecule has 0 bridgehead atoms. The Labute approximate surface area is 174 Å². The third-order valence-electron chi connectivity index (χ3n) is 5.66. The lowest BCUT2D eigenvalue weighted by Crippen LogP contribution is -2.40. The van der Waals surface area contributed by atoms with Gasteiger partial charge in [-0.15, -0.1) is 0 Å². The number of aromatic hydroxyl groups is 1. The van der Waals surface area contributed by atoms with Gasteiger partial charge in [-0.3, -0.25) is 14.6 Å². The number of pyridine rings is 2. The minimum Gasteiger partial charge on any atom is -0.505 e. The average Bonchev–Trinajstić information content (AvgIpc) is 2.78. The Morgan fingerprint density at radius 1 is 1.20 bits per heavy atom. The molecule has 2 N–H and O–H groups in total. The summed E-state index contributed by atoms with van der Waals surface area (Å²) < 4.78 is 6.67. The van der Waals surface area contributed by atoms with Crippen LogP contribution in [-0.4, -0.2) is 33.7 Å². The fraction of sp³-hybridized carbons (Fsp3) is 0.348. The monoisotopic (exact) mass is 407 g/mol.